The molecule has 1 aliphatic rings. The minimum absolute atomic E-state index is 0.240. The van der Waals surface area contributed by atoms with Crippen LogP contribution in [0, 0.1) is 5.92 Å². The molecule has 1 saturated heterocycles. The summed E-state index contributed by atoms with van der Waals surface area (Å²) in [4.78, 5) is 15.3. The van der Waals surface area contributed by atoms with Gasteiger partial charge in [-0.1, -0.05) is 41.7 Å². The minimum atomic E-state index is 0.240. The minimum Gasteiger partial charge on any atom is -0.343 e. The first-order valence-electron chi connectivity index (χ1n) is 8.75. The van der Waals surface area contributed by atoms with Crippen molar-refractivity contribution >= 4 is 22.2 Å². The zero-order valence-electron chi connectivity index (χ0n) is 14.0. The van der Waals surface area contributed by atoms with Crippen molar-refractivity contribution in [3.05, 3.63) is 47.2 Å². The summed E-state index contributed by atoms with van der Waals surface area (Å²) < 4.78 is 1.67. The molecule has 130 valence electrons. The number of aromatic nitrogens is 4. The van der Waals surface area contributed by atoms with Gasteiger partial charge in [0.15, 0.2) is 0 Å². The lowest BCUT2D eigenvalue weighted by atomic mass is 9.90. The Morgan fingerprint density at radius 1 is 1.20 bits per heavy atom. The van der Waals surface area contributed by atoms with Crippen molar-refractivity contribution in [2.45, 2.75) is 32.1 Å². The summed E-state index contributed by atoms with van der Waals surface area (Å²) in [5.41, 5.74) is 1.40. The number of aryl methyl sites for hydroxylation is 1. The van der Waals surface area contributed by atoms with Gasteiger partial charge >= 0.3 is 0 Å². The maximum atomic E-state index is 12.5. The van der Waals surface area contributed by atoms with E-state index >= 15 is 0 Å². The second-order valence-corrected chi connectivity index (χ2v) is 7.61. The molecule has 2 aromatic heterocycles. The molecule has 0 saturated carbocycles. The highest BCUT2D eigenvalue weighted by Gasteiger charge is 2.23. The molecule has 0 unspecified atom stereocenters. The van der Waals surface area contributed by atoms with Gasteiger partial charge in [-0.15, -0.1) is 10.2 Å². The number of piperidine rings is 1. The van der Waals surface area contributed by atoms with Gasteiger partial charge in [-0.2, -0.15) is 9.61 Å². The van der Waals surface area contributed by atoms with Crippen LogP contribution in [0.15, 0.2) is 36.7 Å². The van der Waals surface area contributed by atoms with E-state index in [0.717, 1.165) is 42.3 Å². The van der Waals surface area contributed by atoms with E-state index in [1.54, 1.807) is 10.8 Å². The van der Waals surface area contributed by atoms with E-state index in [-0.39, 0.29) is 5.91 Å². The fraction of sp³-hybridized carbons (Fsp3) is 0.444. The summed E-state index contributed by atoms with van der Waals surface area (Å²) >= 11 is 1.50. The van der Waals surface area contributed by atoms with Crippen LogP contribution in [0.3, 0.4) is 0 Å². The van der Waals surface area contributed by atoms with Crippen molar-refractivity contribution in [1.29, 1.82) is 0 Å². The molecule has 1 fully saturated rings. The lowest BCUT2D eigenvalue weighted by Gasteiger charge is -2.32. The van der Waals surface area contributed by atoms with Gasteiger partial charge in [-0.05, 0) is 30.7 Å². The Morgan fingerprint density at radius 2 is 2.00 bits per heavy atom. The Hall–Kier alpha value is -2.28. The number of rotatable bonds is 5. The summed E-state index contributed by atoms with van der Waals surface area (Å²) in [5, 5.41) is 13.1. The predicted molar refractivity (Wildman–Crippen MR) is 96.4 cm³/mol. The highest BCUT2D eigenvalue weighted by atomic mass is 32.1. The largest absolute Gasteiger partial charge is 0.343 e. The molecule has 0 atom stereocenters. The fourth-order valence-electron chi connectivity index (χ4n) is 3.41. The number of fused-ring (bicyclic) bond motifs is 1. The molecule has 1 amide bonds. The van der Waals surface area contributed by atoms with Gasteiger partial charge in [-0.3, -0.25) is 4.79 Å². The Morgan fingerprint density at radius 3 is 2.76 bits per heavy atom. The van der Waals surface area contributed by atoms with Gasteiger partial charge in [0.1, 0.15) is 11.3 Å². The van der Waals surface area contributed by atoms with Crippen molar-refractivity contribution in [2.24, 2.45) is 5.92 Å². The number of carbonyl (C=O) groups is 1. The van der Waals surface area contributed by atoms with E-state index in [0.29, 0.717) is 18.8 Å². The molecule has 25 heavy (non-hydrogen) atoms. The van der Waals surface area contributed by atoms with Crippen LogP contribution in [0.2, 0.25) is 0 Å². The molecule has 3 aromatic rings. The summed E-state index contributed by atoms with van der Waals surface area (Å²) in [7, 11) is 0. The normalized spacial score (nSPS) is 15.8. The van der Waals surface area contributed by atoms with Crippen molar-refractivity contribution in [1.82, 2.24) is 24.7 Å². The van der Waals surface area contributed by atoms with Crippen molar-refractivity contribution < 1.29 is 4.79 Å². The molecule has 7 heteroatoms. The number of carbonyl (C=O) groups excluding carboxylic acids is 1. The summed E-state index contributed by atoms with van der Waals surface area (Å²) in [6, 6.07) is 10.6. The molecule has 6 nitrogen and oxygen atoms in total. The number of nitrogens with zero attached hydrogens (tertiary/aromatic N) is 5. The second-order valence-electron chi connectivity index (χ2n) is 6.57. The van der Waals surface area contributed by atoms with Gasteiger partial charge in [0.2, 0.25) is 10.9 Å². The maximum absolute atomic E-state index is 12.5. The van der Waals surface area contributed by atoms with Crippen LogP contribution in [-0.2, 0) is 17.6 Å². The number of amides is 1. The van der Waals surface area contributed by atoms with Gasteiger partial charge in [0.05, 0.1) is 0 Å². The first-order valence-corrected chi connectivity index (χ1v) is 9.57. The molecule has 3 heterocycles. The third-order valence-corrected chi connectivity index (χ3v) is 5.79. The molecule has 0 radical (unpaired) electrons. The van der Waals surface area contributed by atoms with Crippen LogP contribution in [0.4, 0.5) is 0 Å². The van der Waals surface area contributed by atoms with E-state index in [1.165, 1.54) is 16.9 Å². The molecule has 1 aliphatic heterocycles. The Balaban J connectivity index is 1.24. The summed E-state index contributed by atoms with van der Waals surface area (Å²) in [5.74, 6) is 0.926. The first-order chi connectivity index (χ1) is 12.3. The monoisotopic (exact) mass is 355 g/mol. The van der Waals surface area contributed by atoms with Gasteiger partial charge in [-0.25, -0.2) is 0 Å². The van der Waals surface area contributed by atoms with Crippen LogP contribution in [-0.4, -0.2) is 43.7 Å². The van der Waals surface area contributed by atoms with Gasteiger partial charge in [0.25, 0.3) is 0 Å². The second kappa shape index (κ2) is 7.31. The average Bonchev–Trinajstić information content (AvgIpc) is 3.23. The van der Waals surface area contributed by atoms with Crippen molar-refractivity contribution in [2.75, 3.05) is 13.1 Å². The van der Waals surface area contributed by atoms with Crippen molar-refractivity contribution in [3.8, 4) is 0 Å². The van der Waals surface area contributed by atoms with Crippen molar-refractivity contribution in [3.63, 3.8) is 0 Å². The van der Waals surface area contributed by atoms with Gasteiger partial charge < -0.3 is 4.90 Å². The molecule has 0 N–H and O–H groups in total. The van der Waals surface area contributed by atoms with E-state index < -0.39 is 0 Å². The van der Waals surface area contributed by atoms with Crippen LogP contribution in [0.5, 0.6) is 0 Å². The Bertz CT molecular complexity index is 807. The maximum Gasteiger partial charge on any atom is 0.234 e. The van der Waals surface area contributed by atoms with Crippen LogP contribution >= 0.6 is 11.3 Å². The SMILES string of the molecule is O=C(CCc1nn2cnnc2s1)N1CCC(Cc2ccccc2)CC1. The number of hydrogen-bond donors (Lipinski definition) is 0. The summed E-state index contributed by atoms with van der Waals surface area (Å²) in [6.45, 7) is 1.75. The lowest BCUT2D eigenvalue weighted by molar-refractivity contribution is -0.132. The van der Waals surface area contributed by atoms with Crippen LogP contribution in [0.25, 0.3) is 4.96 Å². The summed E-state index contributed by atoms with van der Waals surface area (Å²) in [6.07, 6.45) is 6.10. The quantitative estimate of drug-likeness (QED) is 0.706. The lowest BCUT2D eigenvalue weighted by Crippen LogP contribution is -2.39. The molecular weight excluding hydrogens is 334 g/mol. The molecular formula is C18H21N5OS. The zero-order valence-corrected chi connectivity index (χ0v) is 14.9. The highest BCUT2D eigenvalue weighted by Crippen LogP contribution is 2.22. The zero-order chi connectivity index (χ0) is 17.1. The molecule has 4 rings (SSSR count). The third-order valence-electron chi connectivity index (χ3n) is 4.82. The van der Waals surface area contributed by atoms with E-state index in [9.17, 15) is 4.79 Å². The average molecular weight is 355 g/mol. The van der Waals surface area contributed by atoms with Crippen LogP contribution in [0.1, 0.15) is 29.8 Å². The standard InChI is InChI=1S/C18H21N5OS/c24-17(7-6-16-21-23-13-19-20-18(23)25-16)22-10-8-15(9-11-22)12-14-4-2-1-3-5-14/h1-5,13,15H,6-12H2. The van der Waals surface area contributed by atoms with Gasteiger partial charge in [0, 0.05) is 25.9 Å². The molecule has 0 aliphatic carbocycles. The van der Waals surface area contributed by atoms with Crippen LogP contribution < -0.4 is 0 Å². The number of hydrogen-bond acceptors (Lipinski definition) is 5. The highest BCUT2D eigenvalue weighted by molar-refractivity contribution is 7.16. The first kappa shape index (κ1) is 16.2. The Labute approximate surface area is 150 Å². The smallest absolute Gasteiger partial charge is 0.234 e. The third kappa shape index (κ3) is 3.87. The van der Waals surface area contributed by atoms with E-state index in [1.807, 2.05) is 4.90 Å². The molecule has 0 spiro atoms. The van der Waals surface area contributed by atoms with E-state index in [4.69, 9.17) is 0 Å². The van der Waals surface area contributed by atoms with E-state index in [2.05, 4.69) is 45.6 Å². The molecule has 1 aromatic carbocycles. The molecule has 0 bridgehead atoms. The number of benzene rings is 1. The topological polar surface area (TPSA) is 63.4 Å². The fourth-order valence-corrected chi connectivity index (χ4v) is 4.22. The predicted octanol–water partition coefficient (Wildman–Crippen LogP) is 2.60. The Kier molecular flexibility index (Phi) is 4.74. The number of likely N-dealkylation sites (tertiary alicyclic amines) is 1.